The number of anilines is 1. The largest absolute Gasteiger partial charge is 0.366 e. The summed E-state index contributed by atoms with van der Waals surface area (Å²) >= 11 is 0. The molecule has 0 aromatic carbocycles. The van der Waals surface area contributed by atoms with Crippen LogP contribution in [0.5, 0.6) is 0 Å². The van der Waals surface area contributed by atoms with E-state index in [1.165, 1.54) is 42.6 Å². The van der Waals surface area contributed by atoms with Gasteiger partial charge in [-0.3, -0.25) is 9.88 Å². The summed E-state index contributed by atoms with van der Waals surface area (Å²) in [5.74, 6) is 2.62. The average molecular weight is 382 g/mol. The molecule has 2 aromatic heterocycles. The SMILES string of the molecule is Cc1nccc(NCc2cncc3c2CCN(CC2CC2)C3)n1.Cl.Cl. The molecule has 0 unspecified atom stereocenters. The zero-order valence-electron chi connectivity index (χ0n) is 14.4. The number of halogens is 2. The van der Waals surface area contributed by atoms with Gasteiger partial charge in [-0.1, -0.05) is 0 Å². The Morgan fingerprint density at radius 3 is 2.84 bits per heavy atom. The van der Waals surface area contributed by atoms with E-state index in [1.54, 1.807) is 6.20 Å². The Morgan fingerprint density at radius 2 is 2.08 bits per heavy atom. The number of nitrogens with zero attached hydrogens (tertiary/aromatic N) is 4. The minimum atomic E-state index is 0. The van der Waals surface area contributed by atoms with Crippen molar-refractivity contribution >= 4 is 30.6 Å². The van der Waals surface area contributed by atoms with Crippen molar-refractivity contribution in [3.63, 3.8) is 0 Å². The van der Waals surface area contributed by atoms with E-state index < -0.39 is 0 Å². The standard InChI is InChI=1S/C18H23N5.2ClH/c1-13-20-6-4-18(22-13)21-10-15-8-19-9-16-12-23(7-5-17(15)16)11-14-2-3-14;;/h4,6,8-9,14H,2-3,5,7,10-12H2,1H3,(H,20,21,22);2*1H. The molecule has 2 aliphatic rings. The monoisotopic (exact) mass is 381 g/mol. The number of hydrogen-bond donors (Lipinski definition) is 1. The predicted octanol–water partition coefficient (Wildman–Crippen LogP) is 3.40. The summed E-state index contributed by atoms with van der Waals surface area (Å²) in [6.45, 7) is 6.18. The van der Waals surface area contributed by atoms with Gasteiger partial charge in [0.2, 0.25) is 0 Å². The highest BCUT2D eigenvalue weighted by atomic mass is 35.5. The molecule has 136 valence electrons. The molecule has 7 heteroatoms. The Hall–Kier alpha value is -1.43. The van der Waals surface area contributed by atoms with Crippen LogP contribution in [0.25, 0.3) is 0 Å². The van der Waals surface area contributed by atoms with Crippen molar-refractivity contribution in [1.29, 1.82) is 0 Å². The highest BCUT2D eigenvalue weighted by molar-refractivity contribution is 5.85. The van der Waals surface area contributed by atoms with E-state index >= 15 is 0 Å². The Bertz CT molecular complexity index is 706. The van der Waals surface area contributed by atoms with Crippen LogP contribution < -0.4 is 5.32 Å². The lowest BCUT2D eigenvalue weighted by atomic mass is 9.97. The first kappa shape index (κ1) is 19.9. The topological polar surface area (TPSA) is 53.9 Å². The van der Waals surface area contributed by atoms with Crippen LogP contribution >= 0.6 is 24.8 Å². The molecule has 0 amide bonds. The van der Waals surface area contributed by atoms with Crippen LogP contribution in [0.3, 0.4) is 0 Å². The predicted molar refractivity (Wildman–Crippen MR) is 105 cm³/mol. The van der Waals surface area contributed by atoms with Crippen molar-refractivity contribution in [2.75, 3.05) is 18.4 Å². The summed E-state index contributed by atoms with van der Waals surface area (Å²) in [5.41, 5.74) is 4.17. The second kappa shape index (κ2) is 8.79. The summed E-state index contributed by atoms with van der Waals surface area (Å²) < 4.78 is 0. The Morgan fingerprint density at radius 1 is 1.24 bits per heavy atom. The van der Waals surface area contributed by atoms with Crippen LogP contribution in [-0.4, -0.2) is 32.9 Å². The number of aryl methyl sites for hydroxylation is 1. The first-order valence-electron chi connectivity index (χ1n) is 8.48. The minimum Gasteiger partial charge on any atom is -0.366 e. The zero-order chi connectivity index (χ0) is 15.6. The normalized spacial score (nSPS) is 16.4. The maximum Gasteiger partial charge on any atom is 0.129 e. The smallest absolute Gasteiger partial charge is 0.129 e. The third-order valence-electron chi connectivity index (χ3n) is 4.76. The van der Waals surface area contributed by atoms with Crippen molar-refractivity contribution in [2.24, 2.45) is 5.92 Å². The molecule has 1 fully saturated rings. The summed E-state index contributed by atoms with van der Waals surface area (Å²) in [7, 11) is 0. The second-order valence-electron chi connectivity index (χ2n) is 6.71. The lowest BCUT2D eigenvalue weighted by molar-refractivity contribution is 0.243. The lowest BCUT2D eigenvalue weighted by Gasteiger charge is -2.29. The highest BCUT2D eigenvalue weighted by Crippen LogP contribution is 2.31. The average Bonchev–Trinajstić information content (AvgIpc) is 3.37. The highest BCUT2D eigenvalue weighted by Gasteiger charge is 2.27. The molecule has 1 aliphatic heterocycles. The van der Waals surface area contributed by atoms with Gasteiger partial charge in [0.05, 0.1) is 0 Å². The van der Waals surface area contributed by atoms with Crippen LogP contribution in [-0.2, 0) is 19.5 Å². The maximum atomic E-state index is 4.46. The van der Waals surface area contributed by atoms with Crippen LogP contribution in [0.15, 0.2) is 24.7 Å². The van der Waals surface area contributed by atoms with E-state index in [4.69, 9.17) is 0 Å². The Labute approximate surface area is 161 Å². The van der Waals surface area contributed by atoms with E-state index in [-0.39, 0.29) is 24.8 Å². The number of nitrogens with one attached hydrogen (secondary N) is 1. The third-order valence-corrected chi connectivity index (χ3v) is 4.76. The van der Waals surface area contributed by atoms with E-state index in [0.717, 1.165) is 37.1 Å². The Kier molecular flexibility index (Phi) is 6.99. The van der Waals surface area contributed by atoms with Crippen LogP contribution in [0, 0.1) is 12.8 Å². The fourth-order valence-electron chi connectivity index (χ4n) is 3.34. The fraction of sp³-hybridized carbons (Fsp3) is 0.500. The fourth-order valence-corrected chi connectivity index (χ4v) is 3.34. The first-order valence-corrected chi connectivity index (χ1v) is 8.48. The molecular formula is C18H25Cl2N5. The molecule has 0 bridgehead atoms. The van der Waals surface area contributed by atoms with E-state index in [9.17, 15) is 0 Å². The van der Waals surface area contributed by atoms with Crippen LogP contribution in [0.1, 0.15) is 35.4 Å². The van der Waals surface area contributed by atoms with Gasteiger partial charge >= 0.3 is 0 Å². The molecule has 1 aliphatic carbocycles. The zero-order valence-corrected chi connectivity index (χ0v) is 16.1. The molecule has 2 aromatic rings. The van der Waals surface area contributed by atoms with Gasteiger partial charge in [0.1, 0.15) is 11.6 Å². The van der Waals surface area contributed by atoms with Gasteiger partial charge in [0.25, 0.3) is 0 Å². The number of fused-ring (bicyclic) bond motifs is 1. The maximum absolute atomic E-state index is 4.46. The van der Waals surface area contributed by atoms with Gasteiger partial charge in [-0.25, -0.2) is 9.97 Å². The molecule has 1 saturated carbocycles. The van der Waals surface area contributed by atoms with Gasteiger partial charge in [-0.2, -0.15) is 0 Å². The molecule has 3 heterocycles. The van der Waals surface area contributed by atoms with Crippen LogP contribution in [0.4, 0.5) is 5.82 Å². The second-order valence-corrected chi connectivity index (χ2v) is 6.71. The van der Waals surface area contributed by atoms with Crippen molar-refractivity contribution in [3.05, 3.63) is 47.2 Å². The van der Waals surface area contributed by atoms with Crippen molar-refractivity contribution in [3.8, 4) is 0 Å². The molecule has 0 saturated heterocycles. The molecule has 4 rings (SSSR count). The van der Waals surface area contributed by atoms with Gasteiger partial charge < -0.3 is 5.32 Å². The quantitative estimate of drug-likeness (QED) is 0.859. The van der Waals surface area contributed by atoms with Crippen molar-refractivity contribution < 1.29 is 0 Å². The summed E-state index contributed by atoms with van der Waals surface area (Å²) in [6.07, 6.45) is 9.81. The number of rotatable bonds is 5. The Balaban J connectivity index is 0.00000113. The van der Waals surface area contributed by atoms with Gasteiger partial charge in [0.15, 0.2) is 0 Å². The van der Waals surface area contributed by atoms with Crippen molar-refractivity contribution in [2.45, 2.75) is 39.3 Å². The number of aromatic nitrogens is 3. The van der Waals surface area contributed by atoms with Crippen molar-refractivity contribution in [1.82, 2.24) is 19.9 Å². The first-order chi connectivity index (χ1) is 11.3. The molecule has 0 spiro atoms. The van der Waals surface area contributed by atoms with E-state index in [2.05, 4.69) is 25.2 Å². The van der Waals surface area contributed by atoms with Gasteiger partial charge in [-0.05, 0) is 54.9 Å². The number of hydrogen-bond acceptors (Lipinski definition) is 5. The minimum absolute atomic E-state index is 0. The van der Waals surface area contributed by atoms with E-state index in [0.29, 0.717) is 0 Å². The van der Waals surface area contributed by atoms with Crippen LogP contribution in [0.2, 0.25) is 0 Å². The summed E-state index contributed by atoms with van der Waals surface area (Å²) in [5, 5.41) is 3.40. The third kappa shape index (κ3) is 5.03. The molecular weight excluding hydrogens is 357 g/mol. The summed E-state index contributed by atoms with van der Waals surface area (Å²) in [6, 6.07) is 1.91. The molecule has 25 heavy (non-hydrogen) atoms. The summed E-state index contributed by atoms with van der Waals surface area (Å²) in [4.78, 5) is 15.6. The van der Waals surface area contributed by atoms with Gasteiger partial charge in [0, 0.05) is 44.8 Å². The molecule has 1 N–H and O–H groups in total. The van der Waals surface area contributed by atoms with Gasteiger partial charge in [-0.15, -0.1) is 24.8 Å². The number of pyridine rings is 1. The lowest BCUT2D eigenvalue weighted by Crippen LogP contribution is -2.33. The molecule has 5 nitrogen and oxygen atoms in total. The van der Waals surface area contributed by atoms with E-state index in [1.807, 2.05) is 25.4 Å². The molecule has 0 atom stereocenters. The molecule has 0 radical (unpaired) electrons.